The van der Waals surface area contributed by atoms with E-state index in [1.54, 1.807) is 0 Å². The van der Waals surface area contributed by atoms with Crippen molar-refractivity contribution in [2.45, 2.75) is 63.9 Å². The van der Waals surface area contributed by atoms with E-state index >= 15 is 0 Å². The summed E-state index contributed by atoms with van der Waals surface area (Å²) in [7, 11) is 2.42. The molecule has 1 aromatic rings. The summed E-state index contributed by atoms with van der Waals surface area (Å²) in [6.45, 7) is 6.17. The first kappa shape index (κ1) is 23.0. The van der Waals surface area contributed by atoms with E-state index in [1.807, 2.05) is 38.1 Å². The molecule has 152 valence electrons. The molecule has 6 nitrogen and oxygen atoms in total. The highest BCUT2D eigenvalue weighted by molar-refractivity contribution is 5.86. The number of hydrogen-bond donors (Lipinski definition) is 1. The quantitative estimate of drug-likeness (QED) is 0.661. The van der Waals surface area contributed by atoms with E-state index in [2.05, 4.69) is 6.92 Å². The number of methoxy groups -OCH3 is 1. The Morgan fingerprint density at radius 2 is 1.74 bits per heavy atom. The SMILES string of the molecule is CCCC(C)(C)OC(=O)CCOc1ccc(C2(C(=O)OC)CC2)cc1.CO. The predicted molar refractivity (Wildman–Crippen MR) is 103 cm³/mol. The smallest absolute Gasteiger partial charge is 0.316 e. The molecule has 0 atom stereocenters. The van der Waals surface area contributed by atoms with Gasteiger partial charge in [-0.15, -0.1) is 0 Å². The maximum Gasteiger partial charge on any atom is 0.316 e. The third-order valence-electron chi connectivity index (χ3n) is 4.55. The third-order valence-corrected chi connectivity index (χ3v) is 4.55. The number of carbonyl (C=O) groups excluding carboxylic acids is 2. The maximum absolute atomic E-state index is 11.9. The van der Waals surface area contributed by atoms with E-state index < -0.39 is 11.0 Å². The number of benzene rings is 1. The highest BCUT2D eigenvalue weighted by atomic mass is 16.6. The van der Waals surface area contributed by atoms with E-state index in [-0.39, 0.29) is 25.0 Å². The van der Waals surface area contributed by atoms with Gasteiger partial charge in [0.2, 0.25) is 0 Å². The minimum absolute atomic E-state index is 0.182. The molecule has 1 aliphatic carbocycles. The van der Waals surface area contributed by atoms with E-state index in [1.165, 1.54) is 7.11 Å². The van der Waals surface area contributed by atoms with Crippen molar-refractivity contribution in [2.75, 3.05) is 20.8 Å². The van der Waals surface area contributed by atoms with Crippen LogP contribution in [0, 0.1) is 0 Å². The van der Waals surface area contributed by atoms with Gasteiger partial charge in [-0.2, -0.15) is 0 Å². The molecule has 0 heterocycles. The lowest BCUT2D eigenvalue weighted by atomic mass is 9.96. The van der Waals surface area contributed by atoms with Crippen LogP contribution < -0.4 is 4.74 Å². The van der Waals surface area contributed by atoms with Crippen molar-refractivity contribution in [2.24, 2.45) is 0 Å². The Morgan fingerprint density at radius 3 is 2.22 bits per heavy atom. The van der Waals surface area contributed by atoms with E-state index in [0.29, 0.717) is 5.75 Å². The van der Waals surface area contributed by atoms with Crippen molar-refractivity contribution in [3.8, 4) is 5.75 Å². The lowest BCUT2D eigenvalue weighted by Crippen LogP contribution is -2.28. The molecule has 1 aliphatic rings. The highest BCUT2D eigenvalue weighted by Gasteiger charge is 2.52. The van der Waals surface area contributed by atoms with Gasteiger partial charge in [-0.05, 0) is 50.8 Å². The summed E-state index contributed by atoms with van der Waals surface area (Å²) in [4.78, 5) is 23.8. The minimum atomic E-state index is -0.470. The Bertz CT molecular complexity index is 602. The molecule has 0 aromatic heterocycles. The molecule has 0 radical (unpaired) electrons. The van der Waals surface area contributed by atoms with Crippen LogP contribution in [0.3, 0.4) is 0 Å². The summed E-state index contributed by atoms with van der Waals surface area (Å²) >= 11 is 0. The molecule has 0 amide bonds. The van der Waals surface area contributed by atoms with Gasteiger partial charge in [-0.1, -0.05) is 25.5 Å². The average molecular weight is 380 g/mol. The van der Waals surface area contributed by atoms with E-state index in [0.717, 1.165) is 38.4 Å². The molecule has 1 aromatic carbocycles. The van der Waals surface area contributed by atoms with Crippen LogP contribution in [-0.4, -0.2) is 43.5 Å². The molecule has 0 spiro atoms. The molecule has 27 heavy (non-hydrogen) atoms. The Kier molecular flexibility index (Phi) is 8.76. The maximum atomic E-state index is 11.9. The number of rotatable bonds is 9. The first-order valence-corrected chi connectivity index (χ1v) is 9.31. The van der Waals surface area contributed by atoms with E-state index in [9.17, 15) is 9.59 Å². The van der Waals surface area contributed by atoms with Crippen LogP contribution in [-0.2, 0) is 24.5 Å². The van der Waals surface area contributed by atoms with Gasteiger partial charge in [0.15, 0.2) is 0 Å². The number of ether oxygens (including phenoxy) is 3. The van der Waals surface area contributed by atoms with Crippen LogP contribution in [0.2, 0.25) is 0 Å². The molecule has 0 aliphatic heterocycles. The normalized spacial score (nSPS) is 14.4. The summed E-state index contributed by atoms with van der Waals surface area (Å²) in [5.41, 5.74) is 0.0504. The first-order valence-electron chi connectivity index (χ1n) is 9.31. The zero-order chi connectivity index (χ0) is 20.5. The van der Waals surface area contributed by atoms with Crippen molar-refractivity contribution in [3.63, 3.8) is 0 Å². The molecule has 0 bridgehead atoms. The second kappa shape index (κ2) is 10.3. The van der Waals surface area contributed by atoms with Crippen molar-refractivity contribution in [1.29, 1.82) is 0 Å². The summed E-state index contributed by atoms with van der Waals surface area (Å²) < 4.78 is 16.0. The average Bonchev–Trinajstić information content (AvgIpc) is 3.44. The fourth-order valence-electron chi connectivity index (χ4n) is 3.07. The number of hydrogen-bond acceptors (Lipinski definition) is 6. The molecule has 0 unspecified atom stereocenters. The molecular weight excluding hydrogens is 348 g/mol. The van der Waals surface area contributed by atoms with Crippen LogP contribution >= 0.6 is 0 Å². The Balaban J connectivity index is 0.00000176. The van der Waals surface area contributed by atoms with Crippen molar-refractivity contribution >= 4 is 11.9 Å². The van der Waals surface area contributed by atoms with Crippen molar-refractivity contribution < 1.29 is 28.9 Å². The summed E-state index contributed by atoms with van der Waals surface area (Å²) in [5, 5.41) is 7.00. The van der Waals surface area contributed by atoms with Crippen LogP contribution in [0.15, 0.2) is 24.3 Å². The summed E-state index contributed by atoms with van der Waals surface area (Å²) in [6, 6.07) is 7.43. The van der Waals surface area contributed by atoms with Crippen LogP contribution in [0.5, 0.6) is 5.75 Å². The topological polar surface area (TPSA) is 82.1 Å². The van der Waals surface area contributed by atoms with Gasteiger partial charge in [0.05, 0.1) is 25.6 Å². The van der Waals surface area contributed by atoms with Gasteiger partial charge < -0.3 is 19.3 Å². The molecule has 1 N–H and O–H groups in total. The second-order valence-corrected chi connectivity index (χ2v) is 7.18. The van der Waals surface area contributed by atoms with Gasteiger partial charge in [-0.3, -0.25) is 9.59 Å². The number of aliphatic hydroxyl groups excluding tert-OH is 1. The largest absolute Gasteiger partial charge is 0.493 e. The fourth-order valence-corrected chi connectivity index (χ4v) is 3.07. The highest BCUT2D eigenvalue weighted by Crippen LogP contribution is 2.49. The Morgan fingerprint density at radius 1 is 1.15 bits per heavy atom. The molecule has 1 saturated carbocycles. The molecule has 1 fully saturated rings. The second-order valence-electron chi connectivity index (χ2n) is 7.18. The lowest BCUT2D eigenvalue weighted by Gasteiger charge is -2.24. The zero-order valence-electron chi connectivity index (χ0n) is 17.0. The fraction of sp³-hybridized carbons (Fsp3) is 0.619. The predicted octanol–water partition coefficient (Wildman–Crippen LogP) is 3.39. The van der Waals surface area contributed by atoms with Crippen LogP contribution in [0.25, 0.3) is 0 Å². The Labute approximate surface area is 161 Å². The van der Waals surface area contributed by atoms with Gasteiger partial charge in [0, 0.05) is 7.11 Å². The Hall–Kier alpha value is -2.08. The van der Waals surface area contributed by atoms with Gasteiger partial charge in [0.1, 0.15) is 11.4 Å². The van der Waals surface area contributed by atoms with Crippen molar-refractivity contribution in [1.82, 2.24) is 0 Å². The molecule has 2 rings (SSSR count). The van der Waals surface area contributed by atoms with Crippen LogP contribution in [0.4, 0.5) is 0 Å². The van der Waals surface area contributed by atoms with Crippen LogP contribution in [0.1, 0.15) is 58.4 Å². The minimum Gasteiger partial charge on any atom is -0.493 e. The third kappa shape index (κ3) is 6.54. The monoisotopic (exact) mass is 380 g/mol. The number of aliphatic hydroxyl groups is 1. The first-order chi connectivity index (χ1) is 12.8. The lowest BCUT2D eigenvalue weighted by molar-refractivity contribution is -0.157. The molecule has 0 saturated heterocycles. The van der Waals surface area contributed by atoms with Gasteiger partial charge in [-0.25, -0.2) is 0 Å². The number of esters is 2. The van der Waals surface area contributed by atoms with Gasteiger partial charge >= 0.3 is 11.9 Å². The van der Waals surface area contributed by atoms with Gasteiger partial charge in [0.25, 0.3) is 0 Å². The zero-order valence-corrected chi connectivity index (χ0v) is 17.0. The van der Waals surface area contributed by atoms with E-state index in [4.69, 9.17) is 19.3 Å². The van der Waals surface area contributed by atoms with Crippen molar-refractivity contribution in [3.05, 3.63) is 29.8 Å². The molecule has 6 heteroatoms. The summed E-state index contributed by atoms with van der Waals surface area (Å²) in [5.74, 6) is 0.237. The summed E-state index contributed by atoms with van der Waals surface area (Å²) in [6.07, 6.45) is 3.65. The standard InChI is InChI=1S/C20H28O5.CH4O/c1-5-11-19(2,3)25-17(21)10-14-24-16-8-6-15(7-9-16)20(12-13-20)18(22)23-4;1-2/h6-9H,5,10-14H2,1-4H3;2H,1H3. The number of carbonyl (C=O) groups is 2. The molecular formula is C21H32O6.